The van der Waals surface area contributed by atoms with Crippen molar-refractivity contribution < 1.29 is 24.1 Å². The minimum Gasteiger partial charge on any atom is -0.392 e. The highest BCUT2D eigenvalue weighted by Crippen LogP contribution is 2.75. The molecule has 6 fully saturated rings. The molecule has 6 aliphatic rings. The van der Waals surface area contributed by atoms with Crippen molar-refractivity contribution in [2.45, 2.75) is 95.4 Å². The van der Waals surface area contributed by atoms with E-state index in [9.17, 15) is 5.11 Å². The van der Waals surface area contributed by atoms with E-state index < -0.39 is 5.79 Å². The zero-order valence-electron chi connectivity index (χ0n) is 17.7. The molecule has 2 heterocycles. The van der Waals surface area contributed by atoms with Gasteiger partial charge in [0.05, 0.1) is 25.9 Å². The van der Waals surface area contributed by atoms with Crippen molar-refractivity contribution in [1.82, 2.24) is 0 Å². The fraction of sp³-hybridized carbons (Fsp3) is 1.00. The van der Waals surface area contributed by atoms with Gasteiger partial charge in [0.1, 0.15) is 5.60 Å². The molecular formula is C23H36O5. The van der Waals surface area contributed by atoms with E-state index in [0.29, 0.717) is 18.4 Å². The van der Waals surface area contributed by atoms with Crippen LogP contribution in [0.15, 0.2) is 0 Å². The molecule has 0 aromatic carbocycles. The lowest BCUT2D eigenvalue weighted by molar-refractivity contribution is -0.243. The molecule has 2 saturated heterocycles. The van der Waals surface area contributed by atoms with Gasteiger partial charge in [-0.2, -0.15) is 0 Å². The van der Waals surface area contributed by atoms with E-state index in [2.05, 4.69) is 6.92 Å². The molecule has 4 aliphatic carbocycles. The highest BCUT2D eigenvalue weighted by Gasteiger charge is 2.73. The normalized spacial score (nSPS) is 56.1. The van der Waals surface area contributed by atoms with E-state index in [0.717, 1.165) is 58.2 Å². The van der Waals surface area contributed by atoms with Gasteiger partial charge in [-0.1, -0.05) is 6.92 Å². The molecule has 3 spiro atoms. The fourth-order valence-electron chi connectivity index (χ4n) is 8.79. The van der Waals surface area contributed by atoms with Crippen LogP contribution in [-0.4, -0.2) is 48.2 Å². The van der Waals surface area contributed by atoms with Gasteiger partial charge in [-0.05, 0) is 75.0 Å². The van der Waals surface area contributed by atoms with Crippen molar-refractivity contribution in [2.24, 2.45) is 28.6 Å². The van der Waals surface area contributed by atoms with Crippen molar-refractivity contribution in [2.75, 3.05) is 19.8 Å². The summed E-state index contributed by atoms with van der Waals surface area (Å²) in [6, 6.07) is 0. The Balaban J connectivity index is 1.34. The highest BCUT2D eigenvalue weighted by molar-refractivity contribution is 5.21. The summed E-state index contributed by atoms with van der Waals surface area (Å²) in [6.07, 6.45) is 8.55. The summed E-state index contributed by atoms with van der Waals surface area (Å²) in [5.74, 6) is 0.405. The van der Waals surface area contributed by atoms with Gasteiger partial charge in [-0.15, -0.1) is 0 Å². The molecule has 2 aliphatic heterocycles. The van der Waals surface area contributed by atoms with Gasteiger partial charge < -0.3 is 24.1 Å². The van der Waals surface area contributed by atoms with E-state index in [1.165, 1.54) is 6.42 Å². The number of fused-ring (bicyclic) bond motifs is 3. The first kappa shape index (κ1) is 18.6. The monoisotopic (exact) mass is 392 g/mol. The van der Waals surface area contributed by atoms with Crippen LogP contribution in [0.1, 0.15) is 72.1 Å². The van der Waals surface area contributed by atoms with Crippen LogP contribution < -0.4 is 0 Å². The zero-order valence-corrected chi connectivity index (χ0v) is 17.7. The third-order valence-electron chi connectivity index (χ3n) is 10.2. The molecular weight excluding hydrogens is 356 g/mol. The quantitative estimate of drug-likeness (QED) is 0.682. The molecule has 5 heteroatoms. The van der Waals surface area contributed by atoms with E-state index in [1.54, 1.807) is 0 Å². The number of aliphatic hydroxyl groups excluding tert-OH is 1. The van der Waals surface area contributed by atoms with Crippen LogP contribution in [0.25, 0.3) is 0 Å². The van der Waals surface area contributed by atoms with Crippen molar-refractivity contribution in [1.29, 1.82) is 0 Å². The maximum Gasteiger partial charge on any atom is 0.168 e. The van der Waals surface area contributed by atoms with E-state index in [-0.39, 0.29) is 34.2 Å². The first-order chi connectivity index (χ1) is 13.2. The van der Waals surface area contributed by atoms with Crippen molar-refractivity contribution in [3.05, 3.63) is 0 Å². The van der Waals surface area contributed by atoms with Gasteiger partial charge in [0.25, 0.3) is 0 Å². The summed E-state index contributed by atoms with van der Waals surface area (Å²) in [6.45, 7) is 8.69. The number of ether oxygens (including phenoxy) is 4. The molecule has 0 aromatic heterocycles. The Kier molecular flexibility index (Phi) is 3.67. The van der Waals surface area contributed by atoms with E-state index >= 15 is 0 Å². The van der Waals surface area contributed by atoms with Gasteiger partial charge in [-0.3, -0.25) is 0 Å². The smallest absolute Gasteiger partial charge is 0.168 e. The van der Waals surface area contributed by atoms with Crippen LogP contribution in [0.3, 0.4) is 0 Å². The van der Waals surface area contributed by atoms with Gasteiger partial charge >= 0.3 is 0 Å². The predicted octanol–water partition coefficient (Wildman–Crippen LogP) is 3.63. The maximum absolute atomic E-state index is 11.5. The molecule has 158 valence electrons. The summed E-state index contributed by atoms with van der Waals surface area (Å²) in [5.41, 5.74) is 0.218. The van der Waals surface area contributed by atoms with Crippen LogP contribution in [0, 0.1) is 28.6 Å². The second kappa shape index (κ2) is 5.53. The molecule has 6 rings (SSSR count). The molecule has 4 saturated carbocycles. The maximum atomic E-state index is 11.5. The van der Waals surface area contributed by atoms with Crippen LogP contribution in [-0.2, 0) is 18.9 Å². The average molecular weight is 393 g/mol. The van der Waals surface area contributed by atoms with Gasteiger partial charge in [0.2, 0.25) is 0 Å². The first-order valence-electron chi connectivity index (χ1n) is 11.5. The Bertz CT molecular complexity index is 672. The summed E-state index contributed by atoms with van der Waals surface area (Å²) >= 11 is 0. The van der Waals surface area contributed by atoms with Crippen molar-refractivity contribution in [3.63, 3.8) is 0 Å². The zero-order chi connectivity index (χ0) is 19.4. The molecule has 0 aromatic rings. The Labute approximate surface area is 168 Å². The van der Waals surface area contributed by atoms with Crippen LogP contribution in [0.5, 0.6) is 0 Å². The third kappa shape index (κ3) is 2.16. The van der Waals surface area contributed by atoms with E-state index in [4.69, 9.17) is 18.9 Å². The lowest BCUT2D eigenvalue weighted by Crippen LogP contribution is -2.58. The first-order valence-corrected chi connectivity index (χ1v) is 11.5. The molecule has 0 amide bonds. The predicted molar refractivity (Wildman–Crippen MR) is 102 cm³/mol. The Morgan fingerprint density at radius 2 is 1.61 bits per heavy atom. The Morgan fingerprint density at radius 3 is 2.32 bits per heavy atom. The van der Waals surface area contributed by atoms with Gasteiger partial charge in [0.15, 0.2) is 11.6 Å². The summed E-state index contributed by atoms with van der Waals surface area (Å²) in [5, 5.41) is 11.5. The lowest BCUT2D eigenvalue weighted by Gasteiger charge is -2.63. The Morgan fingerprint density at radius 1 is 0.821 bits per heavy atom. The van der Waals surface area contributed by atoms with Crippen molar-refractivity contribution >= 4 is 0 Å². The fourth-order valence-corrected chi connectivity index (χ4v) is 8.79. The number of rotatable bonds is 0. The van der Waals surface area contributed by atoms with Crippen LogP contribution >= 0.6 is 0 Å². The molecule has 7 atom stereocenters. The lowest BCUT2D eigenvalue weighted by atomic mass is 9.43. The number of aliphatic hydroxyl groups is 1. The minimum atomic E-state index is -0.529. The molecule has 1 N–H and O–H groups in total. The minimum absolute atomic E-state index is 0.207. The van der Waals surface area contributed by atoms with E-state index in [1.807, 2.05) is 13.8 Å². The SMILES string of the molecule is CC1(C)OC[C@]2(CC[C@]34C[C@H]2[C@H](O)[C@@H]3CC[C@@H]2CC3(CC[C@@]24C)OCCO3)O1. The second-order valence-corrected chi connectivity index (χ2v) is 11.4. The van der Waals surface area contributed by atoms with Crippen molar-refractivity contribution in [3.8, 4) is 0 Å². The summed E-state index contributed by atoms with van der Waals surface area (Å²) in [4.78, 5) is 0. The number of hydrogen-bond acceptors (Lipinski definition) is 5. The third-order valence-corrected chi connectivity index (χ3v) is 10.2. The summed E-state index contributed by atoms with van der Waals surface area (Å²) in [7, 11) is 0. The van der Waals surface area contributed by atoms with Crippen LogP contribution in [0.2, 0.25) is 0 Å². The standard InChI is InChI=1S/C23H36O5/c1-19(2)27-14-22(28-19)8-7-21-13-17(22)18(24)16(21)5-4-15-12-23(25-10-11-26-23)9-6-20(15,21)3/h15-18,24H,4-14H2,1-3H3/t15-,16+,17+,18-,20+,21+,22+/m1/s1. The number of hydrogen-bond donors (Lipinski definition) is 1. The highest BCUT2D eigenvalue weighted by atomic mass is 16.8. The summed E-state index contributed by atoms with van der Waals surface area (Å²) < 4.78 is 24.7. The molecule has 0 unspecified atom stereocenters. The molecule has 0 radical (unpaired) electrons. The largest absolute Gasteiger partial charge is 0.392 e. The average Bonchev–Trinajstić information content (AvgIpc) is 3.30. The molecule has 2 bridgehead atoms. The van der Waals surface area contributed by atoms with Gasteiger partial charge in [0, 0.05) is 18.8 Å². The second-order valence-electron chi connectivity index (χ2n) is 11.4. The van der Waals surface area contributed by atoms with Gasteiger partial charge in [-0.25, -0.2) is 0 Å². The van der Waals surface area contributed by atoms with Crippen LogP contribution in [0.4, 0.5) is 0 Å². The molecule has 5 nitrogen and oxygen atoms in total. The molecule has 28 heavy (non-hydrogen) atoms. The Hall–Kier alpha value is -0.200. The topological polar surface area (TPSA) is 57.2 Å².